The van der Waals surface area contributed by atoms with Crippen molar-refractivity contribution in [2.45, 2.75) is 12.8 Å². The van der Waals surface area contributed by atoms with E-state index in [1.165, 1.54) is 12.8 Å². The van der Waals surface area contributed by atoms with Gasteiger partial charge in [0.25, 0.3) is 0 Å². The Morgan fingerprint density at radius 2 is 2.14 bits per heavy atom. The fourth-order valence-electron chi connectivity index (χ4n) is 1.56. The molecule has 5 heteroatoms. The average molecular weight is 258 g/mol. The van der Waals surface area contributed by atoms with Gasteiger partial charge >= 0.3 is 0 Å². The van der Waals surface area contributed by atoms with Gasteiger partial charge in [0, 0.05) is 13.1 Å². The molecule has 0 unspecified atom stereocenters. The maximum absolute atomic E-state index is 5.12. The molecule has 14 heavy (non-hydrogen) atoms. The van der Waals surface area contributed by atoms with Gasteiger partial charge in [0.2, 0.25) is 11.8 Å². The third-order valence-electron chi connectivity index (χ3n) is 2.28. The summed E-state index contributed by atoms with van der Waals surface area (Å²) in [6, 6.07) is 0. The first-order chi connectivity index (χ1) is 6.81. The molecule has 1 aromatic heterocycles. The van der Waals surface area contributed by atoms with Crippen LogP contribution in [0.2, 0.25) is 0 Å². The summed E-state index contributed by atoms with van der Waals surface area (Å²) in [5.74, 6) is 1.37. The van der Waals surface area contributed by atoms with Crippen molar-refractivity contribution < 1.29 is 4.74 Å². The Bertz CT molecular complexity index is 326. The van der Waals surface area contributed by atoms with E-state index in [2.05, 4.69) is 30.8 Å². The normalized spacial score (nSPS) is 16.0. The highest BCUT2D eigenvalue weighted by Crippen LogP contribution is 2.24. The Morgan fingerprint density at radius 3 is 2.79 bits per heavy atom. The SMILES string of the molecule is COc1nc(N2CCCC2)ncc1Br. The Labute approximate surface area is 91.4 Å². The van der Waals surface area contributed by atoms with Crippen LogP contribution in [0.4, 0.5) is 5.95 Å². The zero-order valence-electron chi connectivity index (χ0n) is 8.03. The van der Waals surface area contributed by atoms with Crippen LogP contribution < -0.4 is 9.64 Å². The van der Waals surface area contributed by atoms with Gasteiger partial charge in [-0.05, 0) is 28.8 Å². The Balaban J connectivity index is 2.25. The van der Waals surface area contributed by atoms with E-state index in [0.717, 1.165) is 23.5 Å². The quantitative estimate of drug-likeness (QED) is 0.811. The van der Waals surface area contributed by atoms with E-state index >= 15 is 0 Å². The highest BCUT2D eigenvalue weighted by Gasteiger charge is 2.16. The molecule has 0 bridgehead atoms. The molecule has 0 radical (unpaired) electrons. The van der Waals surface area contributed by atoms with Gasteiger partial charge in [-0.1, -0.05) is 0 Å². The van der Waals surface area contributed by atoms with Gasteiger partial charge in [-0.15, -0.1) is 0 Å². The minimum Gasteiger partial charge on any atom is -0.480 e. The van der Waals surface area contributed by atoms with Crippen LogP contribution >= 0.6 is 15.9 Å². The topological polar surface area (TPSA) is 38.2 Å². The second-order valence-electron chi connectivity index (χ2n) is 3.22. The van der Waals surface area contributed by atoms with Crippen LogP contribution in [0.1, 0.15) is 12.8 Å². The average Bonchev–Trinajstić information content (AvgIpc) is 2.71. The van der Waals surface area contributed by atoms with Crippen LogP contribution in [0.15, 0.2) is 10.7 Å². The molecule has 0 amide bonds. The van der Waals surface area contributed by atoms with Crippen molar-refractivity contribution in [2.75, 3.05) is 25.1 Å². The predicted octanol–water partition coefficient (Wildman–Crippen LogP) is 1.85. The second-order valence-corrected chi connectivity index (χ2v) is 4.08. The van der Waals surface area contributed by atoms with E-state index in [-0.39, 0.29) is 0 Å². The van der Waals surface area contributed by atoms with Crippen molar-refractivity contribution in [3.8, 4) is 5.88 Å². The molecule has 1 saturated heterocycles. The van der Waals surface area contributed by atoms with Crippen molar-refractivity contribution in [1.82, 2.24) is 9.97 Å². The van der Waals surface area contributed by atoms with E-state index in [1.807, 2.05) is 0 Å². The number of hydrogen-bond acceptors (Lipinski definition) is 4. The number of halogens is 1. The van der Waals surface area contributed by atoms with E-state index in [4.69, 9.17) is 4.74 Å². The van der Waals surface area contributed by atoms with Crippen molar-refractivity contribution in [2.24, 2.45) is 0 Å². The molecular weight excluding hydrogens is 246 g/mol. The molecule has 1 aliphatic heterocycles. The third-order valence-corrected chi connectivity index (χ3v) is 2.83. The standard InChI is InChI=1S/C9H12BrN3O/c1-14-8-7(10)6-11-9(12-8)13-4-2-3-5-13/h6H,2-5H2,1H3. The van der Waals surface area contributed by atoms with Gasteiger partial charge in [0.15, 0.2) is 0 Å². The molecule has 1 aliphatic rings. The van der Waals surface area contributed by atoms with Crippen LogP contribution in [-0.2, 0) is 0 Å². The van der Waals surface area contributed by atoms with Crippen LogP contribution in [-0.4, -0.2) is 30.2 Å². The van der Waals surface area contributed by atoms with Crippen LogP contribution in [0, 0.1) is 0 Å². The monoisotopic (exact) mass is 257 g/mol. The number of methoxy groups -OCH3 is 1. The molecule has 0 N–H and O–H groups in total. The largest absolute Gasteiger partial charge is 0.480 e. The van der Waals surface area contributed by atoms with Crippen molar-refractivity contribution in [1.29, 1.82) is 0 Å². The molecule has 4 nitrogen and oxygen atoms in total. The molecule has 0 aromatic carbocycles. The summed E-state index contributed by atoms with van der Waals surface area (Å²) >= 11 is 3.33. The lowest BCUT2D eigenvalue weighted by atomic mass is 10.4. The van der Waals surface area contributed by atoms with E-state index in [9.17, 15) is 0 Å². The third kappa shape index (κ3) is 1.82. The van der Waals surface area contributed by atoms with E-state index in [1.54, 1.807) is 13.3 Å². The molecule has 1 aromatic rings. The van der Waals surface area contributed by atoms with Crippen molar-refractivity contribution in [3.63, 3.8) is 0 Å². The van der Waals surface area contributed by atoms with Gasteiger partial charge in [-0.25, -0.2) is 4.98 Å². The lowest BCUT2D eigenvalue weighted by Gasteiger charge is -2.15. The summed E-state index contributed by atoms with van der Waals surface area (Å²) in [6.45, 7) is 2.09. The summed E-state index contributed by atoms with van der Waals surface area (Å²) in [6.07, 6.45) is 4.18. The van der Waals surface area contributed by atoms with Gasteiger partial charge in [-0.2, -0.15) is 4.98 Å². The zero-order chi connectivity index (χ0) is 9.97. The second kappa shape index (κ2) is 4.13. The molecule has 0 spiro atoms. The number of nitrogens with zero attached hydrogens (tertiary/aromatic N) is 3. The first-order valence-corrected chi connectivity index (χ1v) is 5.42. The molecule has 0 saturated carbocycles. The number of anilines is 1. The fourth-order valence-corrected chi connectivity index (χ4v) is 1.91. The fraction of sp³-hybridized carbons (Fsp3) is 0.556. The molecule has 76 valence electrons. The smallest absolute Gasteiger partial charge is 0.232 e. The van der Waals surface area contributed by atoms with Gasteiger partial charge < -0.3 is 9.64 Å². The van der Waals surface area contributed by atoms with Crippen LogP contribution in [0.5, 0.6) is 5.88 Å². The number of ether oxygens (including phenoxy) is 1. The predicted molar refractivity (Wildman–Crippen MR) is 57.7 cm³/mol. The summed E-state index contributed by atoms with van der Waals surface area (Å²) in [7, 11) is 1.61. The van der Waals surface area contributed by atoms with E-state index in [0.29, 0.717) is 5.88 Å². The van der Waals surface area contributed by atoms with Gasteiger partial charge in [0.1, 0.15) is 0 Å². The number of hydrogen-bond donors (Lipinski definition) is 0. The summed E-state index contributed by atoms with van der Waals surface area (Å²) < 4.78 is 5.91. The summed E-state index contributed by atoms with van der Waals surface area (Å²) in [5, 5.41) is 0. The first kappa shape index (κ1) is 9.71. The highest BCUT2D eigenvalue weighted by atomic mass is 79.9. The van der Waals surface area contributed by atoms with Crippen LogP contribution in [0.3, 0.4) is 0 Å². The molecule has 2 rings (SSSR count). The van der Waals surface area contributed by atoms with Crippen molar-refractivity contribution in [3.05, 3.63) is 10.7 Å². The number of rotatable bonds is 2. The highest BCUT2D eigenvalue weighted by molar-refractivity contribution is 9.10. The molecule has 0 aliphatic carbocycles. The molecule has 0 atom stereocenters. The summed E-state index contributed by atoms with van der Waals surface area (Å²) in [4.78, 5) is 10.8. The molecular formula is C9H12BrN3O. The minimum atomic E-state index is 0.599. The van der Waals surface area contributed by atoms with Crippen molar-refractivity contribution >= 4 is 21.9 Å². The zero-order valence-corrected chi connectivity index (χ0v) is 9.62. The molecule has 2 heterocycles. The lowest BCUT2D eigenvalue weighted by Crippen LogP contribution is -2.20. The van der Waals surface area contributed by atoms with E-state index < -0.39 is 0 Å². The summed E-state index contributed by atoms with van der Waals surface area (Å²) in [5.41, 5.74) is 0. The van der Waals surface area contributed by atoms with Crippen LogP contribution in [0.25, 0.3) is 0 Å². The Kier molecular flexibility index (Phi) is 2.86. The van der Waals surface area contributed by atoms with Gasteiger partial charge in [-0.3, -0.25) is 0 Å². The number of aromatic nitrogens is 2. The molecule has 1 fully saturated rings. The maximum atomic E-state index is 5.12. The van der Waals surface area contributed by atoms with Gasteiger partial charge in [0.05, 0.1) is 17.8 Å². The maximum Gasteiger partial charge on any atom is 0.232 e. The first-order valence-electron chi connectivity index (χ1n) is 4.63. The Hall–Kier alpha value is -0.840. The Morgan fingerprint density at radius 1 is 1.43 bits per heavy atom. The minimum absolute atomic E-state index is 0.599. The lowest BCUT2D eigenvalue weighted by molar-refractivity contribution is 0.394.